The molecule has 0 fully saturated rings. The summed E-state index contributed by atoms with van der Waals surface area (Å²) >= 11 is 3.20. The first-order valence-electron chi connectivity index (χ1n) is 5.79. The number of urea groups is 1. The number of nitrogens with zero attached hydrogens (tertiary/aromatic N) is 1. The Kier molecular flexibility index (Phi) is 4.73. The molecular weight excluding hydrogens is 322 g/mol. The summed E-state index contributed by atoms with van der Waals surface area (Å²) in [5.74, 6) is 0.150. The molecule has 0 aromatic heterocycles. The molecule has 0 saturated carbocycles. The highest BCUT2D eigenvalue weighted by atomic mass is 79.9. The molecule has 5 nitrogen and oxygen atoms in total. The smallest absolute Gasteiger partial charge is 0.339 e. The monoisotopic (exact) mass is 333 g/mol. The summed E-state index contributed by atoms with van der Waals surface area (Å²) in [6.07, 6.45) is 1.48. The van der Waals surface area contributed by atoms with E-state index in [4.69, 9.17) is 0 Å². The largest absolute Gasteiger partial charge is 0.507 e. The molecule has 0 unspecified atom stereocenters. The molecule has 0 spiro atoms. The van der Waals surface area contributed by atoms with Gasteiger partial charge in [-0.3, -0.25) is 0 Å². The van der Waals surface area contributed by atoms with Gasteiger partial charge in [-0.2, -0.15) is 5.10 Å². The average Bonchev–Trinajstić information content (AvgIpc) is 2.44. The molecule has 2 amide bonds. The van der Waals surface area contributed by atoms with Crippen molar-refractivity contribution in [1.82, 2.24) is 5.43 Å². The van der Waals surface area contributed by atoms with Crippen molar-refractivity contribution in [2.45, 2.75) is 0 Å². The summed E-state index contributed by atoms with van der Waals surface area (Å²) < 4.78 is 0.565. The number of phenols is 1. The fraction of sp³-hybridized carbons (Fsp3) is 0. The minimum absolute atomic E-state index is 0.150. The quantitative estimate of drug-likeness (QED) is 0.595. The highest BCUT2D eigenvalue weighted by Crippen LogP contribution is 2.23. The number of hydrazone groups is 1. The second kappa shape index (κ2) is 6.72. The Morgan fingerprint density at radius 2 is 1.95 bits per heavy atom. The van der Waals surface area contributed by atoms with E-state index in [0.29, 0.717) is 10.2 Å². The summed E-state index contributed by atoms with van der Waals surface area (Å²) in [6.45, 7) is 0. The van der Waals surface area contributed by atoms with Gasteiger partial charge in [0.05, 0.1) is 10.7 Å². The average molecular weight is 334 g/mol. The van der Waals surface area contributed by atoms with E-state index >= 15 is 0 Å². The molecule has 0 radical (unpaired) electrons. The predicted molar refractivity (Wildman–Crippen MR) is 82.0 cm³/mol. The number of hydrogen-bond donors (Lipinski definition) is 3. The van der Waals surface area contributed by atoms with Crippen molar-refractivity contribution in [2.75, 3.05) is 5.32 Å². The van der Waals surface area contributed by atoms with Crippen LogP contribution in [0.5, 0.6) is 5.75 Å². The van der Waals surface area contributed by atoms with Crippen molar-refractivity contribution < 1.29 is 9.90 Å². The van der Waals surface area contributed by atoms with Crippen LogP contribution in [-0.2, 0) is 0 Å². The van der Waals surface area contributed by atoms with Gasteiger partial charge in [0, 0.05) is 5.69 Å². The number of aromatic hydroxyl groups is 1. The standard InChI is InChI=1S/C14H12BrN3O2/c15-12-8-10(6-7-13(12)19)9-16-18-14(20)17-11-4-2-1-3-5-11/h1-9,19H,(H2,17,18,20)/b16-9+. The SMILES string of the molecule is O=C(N/N=C/c1ccc(O)c(Br)c1)Nc1ccccc1. The molecule has 2 aromatic rings. The number of rotatable bonds is 3. The van der Waals surface area contributed by atoms with Crippen molar-refractivity contribution in [3.8, 4) is 5.75 Å². The highest BCUT2D eigenvalue weighted by molar-refractivity contribution is 9.10. The van der Waals surface area contributed by atoms with Crippen LogP contribution in [0.2, 0.25) is 0 Å². The lowest BCUT2D eigenvalue weighted by Crippen LogP contribution is -2.24. The predicted octanol–water partition coefficient (Wildman–Crippen LogP) is 3.31. The molecule has 0 heterocycles. The van der Waals surface area contributed by atoms with E-state index in [-0.39, 0.29) is 5.75 Å². The third-order valence-corrected chi connectivity index (χ3v) is 3.02. The molecule has 2 rings (SSSR count). The van der Waals surface area contributed by atoms with Gasteiger partial charge >= 0.3 is 6.03 Å². The maximum absolute atomic E-state index is 11.5. The first kappa shape index (κ1) is 14.1. The fourth-order valence-corrected chi connectivity index (χ4v) is 1.85. The van der Waals surface area contributed by atoms with E-state index in [1.165, 1.54) is 12.3 Å². The summed E-state index contributed by atoms with van der Waals surface area (Å²) in [7, 11) is 0. The number of carbonyl (C=O) groups is 1. The van der Waals surface area contributed by atoms with E-state index in [1.807, 2.05) is 18.2 Å². The van der Waals surface area contributed by atoms with Crippen molar-refractivity contribution in [2.24, 2.45) is 5.10 Å². The zero-order chi connectivity index (χ0) is 14.4. The molecule has 0 aliphatic rings. The number of anilines is 1. The Morgan fingerprint density at radius 3 is 2.65 bits per heavy atom. The molecule has 0 aliphatic carbocycles. The molecule has 20 heavy (non-hydrogen) atoms. The van der Waals surface area contributed by atoms with E-state index in [0.717, 1.165) is 5.56 Å². The number of nitrogens with one attached hydrogen (secondary N) is 2. The minimum atomic E-state index is -0.426. The topological polar surface area (TPSA) is 73.7 Å². The molecule has 6 heteroatoms. The third-order valence-electron chi connectivity index (χ3n) is 2.38. The van der Waals surface area contributed by atoms with E-state index in [2.05, 4.69) is 31.8 Å². The van der Waals surface area contributed by atoms with Gasteiger partial charge in [-0.15, -0.1) is 0 Å². The Hall–Kier alpha value is -2.34. The highest BCUT2D eigenvalue weighted by Gasteiger charge is 1.99. The fourth-order valence-electron chi connectivity index (χ4n) is 1.45. The van der Waals surface area contributed by atoms with Gasteiger partial charge in [-0.1, -0.05) is 18.2 Å². The normalized spacial score (nSPS) is 10.4. The molecule has 102 valence electrons. The van der Waals surface area contributed by atoms with E-state index in [1.54, 1.807) is 24.3 Å². The summed E-state index contributed by atoms with van der Waals surface area (Å²) in [6, 6.07) is 13.6. The molecule has 0 aliphatic heterocycles. The van der Waals surface area contributed by atoms with Crippen LogP contribution >= 0.6 is 15.9 Å². The zero-order valence-corrected chi connectivity index (χ0v) is 12.0. The molecule has 0 bridgehead atoms. The Labute approximate surface area is 124 Å². The number of phenolic OH excluding ortho intramolecular Hbond substituents is 1. The molecule has 0 atom stereocenters. The van der Waals surface area contributed by atoms with Crippen LogP contribution in [0.3, 0.4) is 0 Å². The lowest BCUT2D eigenvalue weighted by molar-refractivity contribution is 0.252. The Bertz CT molecular complexity index is 630. The van der Waals surface area contributed by atoms with Crippen molar-refractivity contribution in [3.63, 3.8) is 0 Å². The zero-order valence-electron chi connectivity index (χ0n) is 10.4. The number of amides is 2. The molecule has 0 saturated heterocycles. The van der Waals surface area contributed by atoms with Crippen molar-refractivity contribution in [1.29, 1.82) is 0 Å². The van der Waals surface area contributed by atoms with Crippen molar-refractivity contribution >= 4 is 33.9 Å². The molecular formula is C14H12BrN3O2. The van der Waals surface area contributed by atoms with Gasteiger partial charge < -0.3 is 10.4 Å². The molecule has 3 N–H and O–H groups in total. The van der Waals surface area contributed by atoms with Crippen LogP contribution in [0, 0.1) is 0 Å². The first-order chi connectivity index (χ1) is 9.65. The number of halogens is 1. The minimum Gasteiger partial charge on any atom is -0.507 e. The second-order valence-corrected chi connectivity index (χ2v) is 4.76. The summed E-state index contributed by atoms with van der Waals surface area (Å²) in [5.41, 5.74) is 3.79. The second-order valence-electron chi connectivity index (χ2n) is 3.90. The van der Waals surface area contributed by atoms with Crippen LogP contribution in [0.15, 0.2) is 58.1 Å². The lowest BCUT2D eigenvalue weighted by atomic mass is 10.2. The van der Waals surface area contributed by atoms with Crippen LogP contribution in [-0.4, -0.2) is 17.4 Å². The van der Waals surface area contributed by atoms with Crippen molar-refractivity contribution in [3.05, 3.63) is 58.6 Å². The Morgan fingerprint density at radius 1 is 1.20 bits per heavy atom. The van der Waals surface area contributed by atoms with E-state index < -0.39 is 6.03 Å². The maximum Gasteiger partial charge on any atom is 0.339 e. The van der Waals surface area contributed by atoms with Gasteiger partial charge in [0.15, 0.2) is 0 Å². The van der Waals surface area contributed by atoms with Crippen LogP contribution in [0.1, 0.15) is 5.56 Å². The number of benzene rings is 2. The number of carbonyl (C=O) groups excluding carboxylic acids is 1. The third kappa shape index (κ3) is 4.10. The number of hydrogen-bond acceptors (Lipinski definition) is 3. The van der Waals surface area contributed by atoms with Crippen LogP contribution < -0.4 is 10.7 Å². The molecule has 2 aromatic carbocycles. The van der Waals surface area contributed by atoms with Crippen LogP contribution in [0.4, 0.5) is 10.5 Å². The maximum atomic E-state index is 11.5. The number of para-hydroxylation sites is 1. The first-order valence-corrected chi connectivity index (χ1v) is 6.58. The van der Waals surface area contributed by atoms with Gasteiger partial charge in [0.25, 0.3) is 0 Å². The Balaban J connectivity index is 1.89. The van der Waals surface area contributed by atoms with Crippen LogP contribution in [0.25, 0.3) is 0 Å². The van der Waals surface area contributed by atoms with Gasteiger partial charge in [-0.25, -0.2) is 10.2 Å². The summed E-state index contributed by atoms with van der Waals surface area (Å²) in [5, 5.41) is 15.8. The van der Waals surface area contributed by atoms with Gasteiger partial charge in [0.1, 0.15) is 5.75 Å². The summed E-state index contributed by atoms with van der Waals surface area (Å²) in [4.78, 5) is 11.5. The van der Waals surface area contributed by atoms with E-state index in [9.17, 15) is 9.90 Å². The van der Waals surface area contributed by atoms with Gasteiger partial charge in [-0.05, 0) is 51.8 Å². The lowest BCUT2D eigenvalue weighted by Gasteiger charge is -2.03. The van der Waals surface area contributed by atoms with Gasteiger partial charge in [0.2, 0.25) is 0 Å².